The Hall–Kier alpha value is -6.52. The predicted octanol–water partition coefficient (Wildman–Crippen LogP) is 11.5. The summed E-state index contributed by atoms with van der Waals surface area (Å²) in [7, 11) is 0. The number of aliphatic imine (C=N–C) groups is 3. The van der Waals surface area contributed by atoms with Crippen LogP contribution in [-0.2, 0) is 13.1 Å². The Morgan fingerprint density at radius 2 is 1.22 bits per heavy atom. The summed E-state index contributed by atoms with van der Waals surface area (Å²) in [5.41, 5.74) is 10.6. The van der Waals surface area contributed by atoms with Gasteiger partial charge < -0.3 is 0 Å². The molecule has 0 fully saturated rings. The summed E-state index contributed by atoms with van der Waals surface area (Å²) in [6, 6.07) is 47.8. The van der Waals surface area contributed by atoms with Crippen molar-refractivity contribution in [3.05, 3.63) is 187 Å². The second-order valence-corrected chi connectivity index (χ2v) is 11.7. The number of nitrogens with zero attached hydrogens (tertiary/aromatic N) is 4. The number of rotatable bonds is 9. The first kappa shape index (κ1) is 33.4. The monoisotopic (exact) mass is 646 g/mol. The lowest BCUT2D eigenvalue weighted by atomic mass is 9.88. The smallest absolute Gasteiger partial charge is 0.154 e. The summed E-state index contributed by atoms with van der Waals surface area (Å²) in [6.07, 6.45) is 5.63. The van der Waals surface area contributed by atoms with E-state index in [1.807, 2.05) is 79.0 Å². The summed E-state index contributed by atoms with van der Waals surface area (Å²) >= 11 is 0. The molecule has 7 rings (SSSR count). The molecule has 7 aromatic rings. The van der Waals surface area contributed by atoms with Gasteiger partial charge in [0.2, 0.25) is 0 Å². The minimum atomic E-state index is 0.518. The Kier molecular flexibility index (Phi) is 10.7. The molecule has 1 aromatic heterocycles. The van der Waals surface area contributed by atoms with E-state index in [9.17, 15) is 0 Å². The lowest BCUT2D eigenvalue weighted by Gasteiger charge is -2.16. The number of aromatic nitrogens is 1. The van der Waals surface area contributed by atoms with Crippen LogP contribution in [0.4, 0.5) is 0 Å². The molecule has 1 heterocycles. The van der Waals surface area contributed by atoms with Gasteiger partial charge in [-0.25, -0.2) is 4.99 Å². The Morgan fingerprint density at radius 3 is 1.88 bits per heavy atom. The van der Waals surface area contributed by atoms with Gasteiger partial charge in [-0.2, -0.15) is 0 Å². The topological polar surface area (TPSA) is 50.0 Å². The highest BCUT2D eigenvalue weighted by Crippen LogP contribution is 2.38. The largest absolute Gasteiger partial charge is 0.296 e. The maximum atomic E-state index is 4.88. The van der Waals surface area contributed by atoms with Crippen molar-refractivity contribution in [1.29, 1.82) is 0 Å². The van der Waals surface area contributed by atoms with E-state index in [0.29, 0.717) is 12.4 Å². The fourth-order valence-corrected chi connectivity index (χ4v) is 6.17. The summed E-state index contributed by atoms with van der Waals surface area (Å²) in [6.45, 7) is 16.7. The lowest BCUT2D eigenvalue weighted by molar-refractivity contribution is 1.06. The SMILES string of the molecule is C=Cc1cc(-c2cc(C(N=C)=NCc3ccccc3)cc(-c3cccc4ncccc34)c2)c2ccccc2c1C=C.C=NCc1ccccc1. The van der Waals surface area contributed by atoms with Gasteiger partial charge >= 0.3 is 0 Å². The lowest BCUT2D eigenvalue weighted by Crippen LogP contribution is -2.00. The third-order valence-corrected chi connectivity index (χ3v) is 8.54. The van der Waals surface area contributed by atoms with E-state index in [-0.39, 0.29) is 0 Å². The van der Waals surface area contributed by atoms with E-state index in [1.165, 1.54) is 5.56 Å². The molecule has 0 amide bonds. The molecule has 0 aliphatic rings. The van der Waals surface area contributed by atoms with E-state index < -0.39 is 0 Å². The molecular weight excluding hydrogens is 609 g/mol. The minimum Gasteiger partial charge on any atom is -0.296 e. The molecule has 50 heavy (non-hydrogen) atoms. The first-order valence-electron chi connectivity index (χ1n) is 16.5. The fourth-order valence-electron chi connectivity index (χ4n) is 6.17. The molecule has 0 spiro atoms. The Morgan fingerprint density at radius 1 is 0.580 bits per heavy atom. The van der Waals surface area contributed by atoms with Crippen LogP contribution in [0.15, 0.2) is 174 Å². The molecule has 4 heteroatoms. The van der Waals surface area contributed by atoms with E-state index in [0.717, 1.165) is 72.7 Å². The number of hydrogen-bond donors (Lipinski definition) is 0. The van der Waals surface area contributed by atoms with Gasteiger partial charge in [-0.1, -0.05) is 128 Å². The van der Waals surface area contributed by atoms with Crippen molar-refractivity contribution in [2.45, 2.75) is 13.1 Å². The van der Waals surface area contributed by atoms with Gasteiger partial charge in [-0.05, 0) is 105 Å². The minimum absolute atomic E-state index is 0.518. The van der Waals surface area contributed by atoms with Crippen molar-refractivity contribution in [2.24, 2.45) is 15.0 Å². The summed E-state index contributed by atoms with van der Waals surface area (Å²) in [5, 5.41) is 3.37. The van der Waals surface area contributed by atoms with Crippen LogP contribution in [0.1, 0.15) is 27.8 Å². The first-order valence-corrected chi connectivity index (χ1v) is 16.5. The highest BCUT2D eigenvalue weighted by atomic mass is 14.9. The number of fused-ring (bicyclic) bond motifs is 2. The van der Waals surface area contributed by atoms with Crippen LogP contribution in [0.3, 0.4) is 0 Å². The van der Waals surface area contributed by atoms with Crippen molar-refractivity contribution in [3.8, 4) is 22.3 Å². The first-order chi connectivity index (χ1) is 24.6. The highest BCUT2D eigenvalue weighted by Gasteiger charge is 2.15. The predicted molar refractivity (Wildman–Crippen MR) is 216 cm³/mol. The second-order valence-electron chi connectivity index (χ2n) is 11.7. The van der Waals surface area contributed by atoms with Crippen molar-refractivity contribution in [3.63, 3.8) is 0 Å². The van der Waals surface area contributed by atoms with Crippen LogP contribution >= 0.6 is 0 Å². The van der Waals surface area contributed by atoms with E-state index in [2.05, 4.69) is 120 Å². The van der Waals surface area contributed by atoms with Crippen molar-refractivity contribution >= 4 is 53.1 Å². The number of benzene rings is 6. The van der Waals surface area contributed by atoms with Gasteiger partial charge in [0, 0.05) is 17.1 Å². The molecule has 0 aliphatic carbocycles. The van der Waals surface area contributed by atoms with Crippen LogP contribution in [0.5, 0.6) is 0 Å². The molecule has 242 valence electrons. The molecule has 4 nitrogen and oxygen atoms in total. The Bertz CT molecular complexity index is 2330. The molecule has 0 radical (unpaired) electrons. The molecule has 0 saturated heterocycles. The maximum absolute atomic E-state index is 4.88. The number of pyridine rings is 1. The molecule has 0 bridgehead atoms. The third-order valence-electron chi connectivity index (χ3n) is 8.54. The maximum Gasteiger partial charge on any atom is 0.154 e. The van der Waals surface area contributed by atoms with Crippen molar-refractivity contribution in [2.75, 3.05) is 0 Å². The van der Waals surface area contributed by atoms with Gasteiger partial charge in [0.05, 0.1) is 18.6 Å². The van der Waals surface area contributed by atoms with Crippen LogP contribution in [0.25, 0.3) is 56.1 Å². The Labute approximate surface area is 294 Å². The molecular formula is C46H38N4. The zero-order valence-electron chi connectivity index (χ0n) is 28.0. The number of amidine groups is 1. The Balaban J connectivity index is 0.000000419. The van der Waals surface area contributed by atoms with Crippen LogP contribution in [0.2, 0.25) is 0 Å². The van der Waals surface area contributed by atoms with Gasteiger partial charge in [-0.3, -0.25) is 15.0 Å². The zero-order chi connectivity index (χ0) is 34.7. The van der Waals surface area contributed by atoms with Gasteiger partial charge in [0.15, 0.2) is 5.84 Å². The van der Waals surface area contributed by atoms with Gasteiger partial charge in [0.1, 0.15) is 0 Å². The standard InChI is InChI=1S/C38H29N3.C8H9N/c1-4-27-24-36(34-16-10-9-15-33(34)31(27)5-2)29-21-28(32-17-11-19-37-35(32)18-12-20-40-37)22-30(23-29)38(39-3)41-25-26-13-7-6-8-14-26;1-9-7-8-5-3-2-4-6-8/h4-24H,1-3,25H2;2-6H,1,7H2. The fraction of sp³-hybridized carbons (Fsp3) is 0.0435. The summed E-state index contributed by atoms with van der Waals surface area (Å²) in [4.78, 5) is 17.6. The average Bonchev–Trinajstić information content (AvgIpc) is 3.18. The van der Waals surface area contributed by atoms with Crippen molar-refractivity contribution in [1.82, 2.24) is 4.98 Å². The summed E-state index contributed by atoms with van der Waals surface area (Å²) < 4.78 is 0. The molecule has 0 N–H and O–H groups in total. The van der Waals surface area contributed by atoms with Gasteiger partial charge in [0.25, 0.3) is 0 Å². The van der Waals surface area contributed by atoms with E-state index >= 15 is 0 Å². The third kappa shape index (κ3) is 7.46. The normalized spacial score (nSPS) is 11.0. The quantitative estimate of drug-likeness (QED) is 0.114. The molecule has 0 saturated carbocycles. The van der Waals surface area contributed by atoms with E-state index in [4.69, 9.17) is 4.99 Å². The van der Waals surface area contributed by atoms with Crippen LogP contribution < -0.4 is 0 Å². The zero-order valence-corrected chi connectivity index (χ0v) is 28.0. The summed E-state index contributed by atoms with van der Waals surface area (Å²) in [5.74, 6) is 0.603. The molecule has 6 aromatic carbocycles. The average molecular weight is 647 g/mol. The van der Waals surface area contributed by atoms with E-state index in [1.54, 1.807) is 0 Å². The number of hydrogen-bond acceptors (Lipinski definition) is 3. The van der Waals surface area contributed by atoms with Gasteiger partial charge in [-0.15, -0.1) is 0 Å². The second kappa shape index (κ2) is 16.1. The van der Waals surface area contributed by atoms with Crippen LogP contribution in [-0.4, -0.2) is 24.3 Å². The van der Waals surface area contributed by atoms with Crippen LogP contribution in [0, 0.1) is 0 Å². The van der Waals surface area contributed by atoms with Crippen molar-refractivity contribution < 1.29 is 0 Å². The highest BCUT2D eigenvalue weighted by molar-refractivity contribution is 6.08. The molecule has 0 unspecified atom stereocenters. The molecule has 0 aliphatic heterocycles. The molecule has 0 atom stereocenters.